The number of nitrogens with one attached hydrogen (secondary N) is 2. The van der Waals surface area contributed by atoms with Gasteiger partial charge in [0.05, 0.1) is 0 Å². The Morgan fingerprint density at radius 3 is 2.50 bits per heavy atom. The molecule has 0 atom stereocenters. The van der Waals surface area contributed by atoms with Gasteiger partial charge in [0.25, 0.3) is 5.91 Å². The molecule has 7 nitrogen and oxygen atoms in total. The van der Waals surface area contributed by atoms with E-state index < -0.39 is 0 Å². The molecule has 0 aliphatic carbocycles. The van der Waals surface area contributed by atoms with Crippen molar-refractivity contribution in [3.05, 3.63) is 60.2 Å². The van der Waals surface area contributed by atoms with Crippen LogP contribution in [-0.2, 0) is 9.59 Å². The molecule has 3 rings (SSSR count). The van der Waals surface area contributed by atoms with E-state index in [1.807, 2.05) is 49.4 Å². The van der Waals surface area contributed by atoms with E-state index in [4.69, 9.17) is 4.74 Å². The molecular weight excluding hydrogens is 376 g/mol. The summed E-state index contributed by atoms with van der Waals surface area (Å²) in [5.74, 6) is 0.0983. The van der Waals surface area contributed by atoms with Crippen LogP contribution in [0.25, 0.3) is 10.6 Å². The van der Waals surface area contributed by atoms with Crippen LogP contribution >= 0.6 is 11.3 Å². The molecule has 0 saturated heterocycles. The van der Waals surface area contributed by atoms with Crippen LogP contribution < -0.4 is 15.4 Å². The average molecular weight is 396 g/mol. The molecule has 1 heterocycles. The molecule has 0 radical (unpaired) electrons. The minimum atomic E-state index is -0.283. The van der Waals surface area contributed by atoms with Gasteiger partial charge in [0, 0.05) is 18.5 Å². The average Bonchev–Trinajstić information content (AvgIpc) is 3.16. The Hall–Kier alpha value is -3.26. The van der Waals surface area contributed by atoms with Gasteiger partial charge in [0.2, 0.25) is 11.0 Å². The molecule has 8 heteroatoms. The summed E-state index contributed by atoms with van der Waals surface area (Å²) in [6, 6.07) is 17.0. The molecule has 0 saturated carbocycles. The maximum absolute atomic E-state index is 12.0. The summed E-state index contributed by atoms with van der Waals surface area (Å²) in [6.07, 6.45) is 0.135. The molecular formula is C20H20N4O3S. The summed E-state index contributed by atoms with van der Waals surface area (Å²) in [4.78, 5) is 23.8. The van der Waals surface area contributed by atoms with Crippen molar-refractivity contribution in [3.8, 4) is 16.3 Å². The minimum absolute atomic E-state index is 0.0953. The van der Waals surface area contributed by atoms with E-state index in [9.17, 15) is 9.59 Å². The van der Waals surface area contributed by atoms with Crippen molar-refractivity contribution in [2.45, 2.75) is 13.3 Å². The molecule has 2 aromatic carbocycles. The van der Waals surface area contributed by atoms with Crippen molar-refractivity contribution in [1.82, 2.24) is 15.5 Å². The van der Waals surface area contributed by atoms with Gasteiger partial charge in [-0.05, 0) is 19.1 Å². The number of hydrogen-bond donors (Lipinski definition) is 2. The molecule has 144 valence electrons. The Balaban J connectivity index is 1.38. The fraction of sp³-hybridized carbons (Fsp3) is 0.200. The molecule has 3 aromatic rings. The fourth-order valence-electron chi connectivity index (χ4n) is 2.30. The van der Waals surface area contributed by atoms with Gasteiger partial charge in [-0.1, -0.05) is 59.4 Å². The van der Waals surface area contributed by atoms with Gasteiger partial charge in [0.1, 0.15) is 10.8 Å². The van der Waals surface area contributed by atoms with Crippen LogP contribution in [0.15, 0.2) is 54.6 Å². The third-order valence-electron chi connectivity index (χ3n) is 3.76. The Kier molecular flexibility index (Phi) is 6.69. The summed E-state index contributed by atoms with van der Waals surface area (Å²) >= 11 is 1.30. The fourth-order valence-corrected chi connectivity index (χ4v) is 3.07. The zero-order valence-corrected chi connectivity index (χ0v) is 16.2. The second-order valence-corrected chi connectivity index (χ2v) is 7.01. The monoisotopic (exact) mass is 396 g/mol. The Morgan fingerprint density at radius 2 is 1.75 bits per heavy atom. The van der Waals surface area contributed by atoms with Gasteiger partial charge in [-0.2, -0.15) is 0 Å². The number of ether oxygens (including phenoxy) is 1. The van der Waals surface area contributed by atoms with Gasteiger partial charge >= 0.3 is 0 Å². The number of carbonyl (C=O) groups is 2. The predicted molar refractivity (Wildman–Crippen MR) is 108 cm³/mol. The maximum Gasteiger partial charge on any atom is 0.257 e. The zero-order valence-electron chi connectivity index (χ0n) is 15.3. The van der Waals surface area contributed by atoms with E-state index in [0.29, 0.717) is 10.9 Å². The molecule has 0 fully saturated rings. The van der Waals surface area contributed by atoms with Crippen LogP contribution in [0.3, 0.4) is 0 Å². The molecule has 0 spiro atoms. The maximum atomic E-state index is 12.0. The Bertz CT molecular complexity index is 926. The van der Waals surface area contributed by atoms with E-state index in [2.05, 4.69) is 20.8 Å². The van der Waals surface area contributed by atoms with Crippen LogP contribution in [0.5, 0.6) is 5.75 Å². The van der Waals surface area contributed by atoms with Gasteiger partial charge in [-0.25, -0.2) is 0 Å². The first-order valence-electron chi connectivity index (χ1n) is 8.75. The Labute approximate surface area is 166 Å². The van der Waals surface area contributed by atoms with E-state index in [1.54, 1.807) is 12.1 Å². The quantitative estimate of drug-likeness (QED) is 0.610. The lowest BCUT2D eigenvalue weighted by Gasteiger charge is -2.07. The lowest BCUT2D eigenvalue weighted by atomic mass is 10.2. The topological polar surface area (TPSA) is 93.2 Å². The zero-order chi connectivity index (χ0) is 19.8. The van der Waals surface area contributed by atoms with Crippen LogP contribution in [-0.4, -0.2) is 35.2 Å². The molecule has 2 N–H and O–H groups in total. The molecule has 0 aliphatic heterocycles. The van der Waals surface area contributed by atoms with E-state index in [0.717, 1.165) is 16.1 Å². The van der Waals surface area contributed by atoms with Crippen molar-refractivity contribution in [1.29, 1.82) is 0 Å². The number of anilines is 1. The third kappa shape index (κ3) is 5.88. The molecule has 0 bridgehead atoms. The first-order chi connectivity index (χ1) is 13.6. The second kappa shape index (κ2) is 9.61. The van der Waals surface area contributed by atoms with Gasteiger partial charge in [-0.3, -0.25) is 9.59 Å². The molecule has 0 unspecified atom stereocenters. The molecule has 2 amide bonds. The largest absolute Gasteiger partial charge is 0.484 e. The molecule has 1 aromatic heterocycles. The van der Waals surface area contributed by atoms with Crippen molar-refractivity contribution >= 4 is 28.3 Å². The summed E-state index contributed by atoms with van der Waals surface area (Å²) in [5, 5.41) is 14.6. The SMILES string of the molecule is Cc1ccc(-c2nnc(NC(=O)CCNC(=O)COc3ccccc3)s2)cc1. The highest BCUT2D eigenvalue weighted by Crippen LogP contribution is 2.26. The van der Waals surface area contributed by atoms with Crippen molar-refractivity contribution in [3.63, 3.8) is 0 Å². The number of rotatable bonds is 8. The normalized spacial score (nSPS) is 10.3. The second-order valence-electron chi connectivity index (χ2n) is 6.03. The number of para-hydroxylation sites is 1. The predicted octanol–water partition coefficient (Wildman–Crippen LogP) is 3.04. The standard InChI is InChI=1S/C20H20N4O3S/c1-14-7-9-15(10-8-14)19-23-24-20(28-19)22-17(25)11-12-21-18(26)13-27-16-5-3-2-4-6-16/h2-10H,11-13H2,1H3,(H,21,26)(H,22,24,25). The van der Waals surface area contributed by atoms with Gasteiger partial charge in [0.15, 0.2) is 6.61 Å². The van der Waals surface area contributed by atoms with Gasteiger partial charge in [-0.15, -0.1) is 10.2 Å². The number of amides is 2. The first-order valence-corrected chi connectivity index (χ1v) is 9.57. The van der Waals surface area contributed by atoms with Crippen LogP contribution in [0.1, 0.15) is 12.0 Å². The van der Waals surface area contributed by atoms with Crippen molar-refractivity contribution in [2.24, 2.45) is 0 Å². The summed E-state index contributed by atoms with van der Waals surface area (Å²) in [6.45, 7) is 2.14. The van der Waals surface area contributed by atoms with Crippen LogP contribution in [0, 0.1) is 6.92 Å². The Morgan fingerprint density at radius 1 is 1.00 bits per heavy atom. The number of aryl methyl sites for hydroxylation is 1. The van der Waals surface area contributed by atoms with Crippen LogP contribution in [0.4, 0.5) is 5.13 Å². The van der Waals surface area contributed by atoms with Crippen molar-refractivity contribution < 1.29 is 14.3 Å². The van der Waals surface area contributed by atoms with E-state index in [-0.39, 0.29) is 31.4 Å². The number of benzene rings is 2. The number of carbonyl (C=O) groups excluding carboxylic acids is 2. The number of aromatic nitrogens is 2. The summed E-state index contributed by atoms with van der Waals surface area (Å²) in [5.41, 5.74) is 2.12. The smallest absolute Gasteiger partial charge is 0.257 e. The highest BCUT2D eigenvalue weighted by atomic mass is 32.1. The highest BCUT2D eigenvalue weighted by Gasteiger charge is 2.10. The van der Waals surface area contributed by atoms with Crippen LogP contribution in [0.2, 0.25) is 0 Å². The first kappa shape index (κ1) is 19.5. The lowest BCUT2D eigenvalue weighted by molar-refractivity contribution is -0.123. The van der Waals surface area contributed by atoms with Gasteiger partial charge < -0.3 is 15.4 Å². The minimum Gasteiger partial charge on any atom is -0.484 e. The molecule has 0 aliphatic rings. The van der Waals surface area contributed by atoms with E-state index >= 15 is 0 Å². The third-order valence-corrected chi connectivity index (χ3v) is 4.64. The lowest BCUT2D eigenvalue weighted by Crippen LogP contribution is -2.31. The highest BCUT2D eigenvalue weighted by molar-refractivity contribution is 7.18. The summed E-state index contributed by atoms with van der Waals surface area (Å²) in [7, 11) is 0. The summed E-state index contributed by atoms with van der Waals surface area (Å²) < 4.78 is 5.34. The van der Waals surface area contributed by atoms with E-state index in [1.165, 1.54) is 11.3 Å². The van der Waals surface area contributed by atoms with Crippen molar-refractivity contribution in [2.75, 3.05) is 18.5 Å². The molecule has 28 heavy (non-hydrogen) atoms. The number of hydrogen-bond acceptors (Lipinski definition) is 6. The number of nitrogens with zero attached hydrogens (tertiary/aromatic N) is 2.